The van der Waals surface area contributed by atoms with E-state index >= 15 is 0 Å². The first-order valence-corrected chi connectivity index (χ1v) is 10.9. The third-order valence-corrected chi connectivity index (χ3v) is 6.11. The lowest BCUT2D eigenvalue weighted by Crippen LogP contribution is -2.00. The molecule has 0 saturated heterocycles. The molecule has 4 rings (SSSR count). The smallest absolute Gasteiger partial charge is 0.196 e. The molecule has 0 atom stereocenters. The van der Waals surface area contributed by atoms with Crippen molar-refractivity contribution in [3.63, 3.8) is 0 Å². The van der Waals surface area contributed by atoms with Crippen LogP contribution < -0.4 is 4.74 Å². The molecule has 0 spiro atoms. The molecule has 0 bridgehead atoms. The van der Waals surface area contributed by atoms with Gasteiger partial charge in [-0.15, -0.1) is 10.2 Å². The van der Waals surface area contributed by atoms with Gasteiger partial charge in [-0.1, -0.05) is 65.4 Å². The molecule has 0 unspecified atom stereocenters. The second-order valence-corrected chi connectivity index (χ2v) is 8.37. The van der Waals surface area contributed by atoms with Crippen LogP contribution >= 0.6 is 11.8 Å². The molecule has 4 nitrogen and oxygen atoms in total. The van der Waals surface area contributed by atoms with Gasteiger partial charge in [0, 0.05) is 17.0 Å². The van der Waals surface area contributed by atoms with Crippen LogP contribution in [0.1, 0.15) is 22.3 Å². The maximum Gasteiger partial charge on any atom is 0.196 e. The van der Waals surface area contributed by atoms with Crippen LogP contribution in [0.3, 0.4) is 0 Å². The summed E-state index contributed by atoms with van der Waals surface area (Å²) in [7, 11) is 1.68. The molecule has 30 heavy (non-hydrogen) atoms. The first-order chi connectivity index (χ1) is 14.5. The minimum atomic E-state index is 0.827. The molecule has 0 aliphatic rings. The fourth-order valence-corrected chi connectivity index (χ4v) is 4.33. The highest BCUT2D eigenvalue weighted by molar-refractivity contribution is 7.98. The van der Waals surface area contributed by atoms with Gasteiger partial charge in [0.2, 0.25) is 0 Å². The monoisotopic (exact) mass is 415 g/mol. The molecule has 0 fully saturated rings. The second kappa shape index (κ2) is 8.76. The standard InChI is InChI=1S/C25H25N3OS/c1-17-6-9-20(10-7-17)24-26-27-25(28(24)22-11-13-23(29-4)14-12-22)30-16-21-15-18(2)5-8-19(21)3/h5-15H,16H2,1-4H3. The third-order valence-electron chi connectivity index (χ3n) is 5.14. The lowest BCUT2D eigenvalue weighted by molar-refractivity contribution is 0.414. The maximum atomic E-state index is 5.33. The number of ether oxygens (including phenoxy) is 1. The topological polar surface area (TPSA) is 39.9 Å². The Morgan fingerprint density at radius 2 is 1.53 bits per heavy atom. The van der Waals surface area contributed by atoms with Crippen LogP contribution in [0.4, 0.5) is 0 Å². The Hall–Kier alpha value is -3.05. The molecule has 1 heterocycles. The molecule has 0 amide bonds. The number of thioether (sulfide) groups is 1. The number of rotatable bonds is 6. The Morgan fingerprint density at radius 1 is 0.833 bits per heavy atom. The van der Waals surface area contributed by atoms with E-state index in [-0.39, 0.29) is 0 Å². The summed E-state index contributed by atoms with van der Waals surface area (Å²) in [5, 5.41) is 9.97. The molecular weight excluding hydrogens is 390 g/mol. The van der Waals surface area contributed by atoms with Crippen LogP contribution in [0.2, 0.25) is 0 Å². The zero-order valence-electron chi connectivity index (χ0n) is 17.7. The van der Waals surface area contributed by atoms with Crippen molar-refractivity contribution in [2.24, 2.45) is 0 Å². The van der Waals surface area contributed by atoms with Gasteiger partial charge in [-0.05, 0) is 56.2 Å². The van der Waals surface area contributed by atoms with Gasteiger partial charge in [0.25, 0.3) is 0 Å². The molecule has 152 valence electrons. The van der Waals surface area contributed by atoms with Crippen molar-refractivity contribution in [1.29, 1.82) is 0 Å². The maximum absolute atomic E-state index is 5.33. The van der Waals surface area contributed by atoms with E-state index < -0.39 is 0 Å². The highest BCUT2D eigenvalue weighted by atomic mass is 32.2. The predicted octanol–water partition coefficient (Wildman–Crippen LogP) is 6.16. The molecule has 5 heteroatoms. The molecular formula is C25H25N3OS. The van der Waals surface area contributed by atoms with Crippen molar-refractivity contribution in [1.82, 2.24) is 14.8 Å². The fraction of sp³-hybridized carbons (Fsp3) is 0.200. The highest BCUT2D eigenvalue weighted by Crippen LogP contribution is 2.31. The lowest BCUT2D eigenvalue weighted by Gasteiger charge is -2.12. The van der Waals surface area contributed by atoms with Gasteiger partial charge in [-0.2, -0.15) is 0 Å². The first-order valence-electron chi connectivity index (χ1n) is 9.91. The van der Waals surface area contributed by atoms with Gasteiger partial charge in [0.1, 0.15) is 5.75 Å². The van der Waals surface area contributed by atoms with Crippen molar-refractivity contribution in [3.05, 3.63) is 89.0 Å². The zero-order valence-corrected chi connectivity index (χ0v) is 18.5. The number of methoxy groups -OCH3 is 1. The number of hydrogen-bond acceptors (Lipinski definition) is 4. The van der Waals surface area contributed by atoms with E-state index in [0.717, 1.165) is 33.7 Å². The van der Waals surface area contributed by atoms with Crippen molar-refractivity contribution >= 4 is 11.8 Å². The summed E-state index contributed by atoms with van der Waals surface area (Å²) in [6.45, 7) is 6.37. The first kappa shape index (κ1) is 20.2. The molecule has 0 saturated carbocycles. The van der Waals surface area contributed by atoms with Gasteiger partial charge in [-0.3, -0.25) is 4.57 Å². The SMILES string of the molecule is COc1ccc(-n2c(SCc3cc(C)ccc3C)nnc2-c2ccc(C)cc2)cc1. The van der Waals surface area contributed by atoms with E-state index in [0.29, 0.717) is 0 Å². The minimum Gasteiger partial charge on any atom is -0.497 e. The molecule has 3 aromatic carbocycles. The van der Waals surface area contributed by atoms with E-state index in [1.165, 1.54) is 22.3 Å². The van der Waals surface area contributed by atoms with Gasteiger partial charge < -0.3 is 4.74 Å². The van der Waals surface area contributed by atoms with Crippen LogP contribution in [0.25, 0.3) is 17.1 Å². The van der Waals surface area contributed by atoms with Gasteiger partial charge in [0.15, 0.2) is 11.0 Å². The van der Waals surface area contributed by atoms with Crippen LogP contribution in [-0.2, 0) is 5.75 Å². The fourth-order valence-electron chi connectivity index (χ4n) is 3.32. The molecule has 0 N–H and O–H groups in total. The Kier molecular flexibility index (Phi) is 5.91. The van der Waals surface area contributed by atoms with Gasteiger partial charge >= 0.3 is 0 Å². The number of hydrogen-bond donors (Lipinski definition) is 0. The van der Waals surface area contributed by atoms with Crippen molar-refractivity contribution in [2.75, 3.05) is 7.11 Å². The zero-order chi connectivity index (χ0) is 21.1. The average molecular weight is 416 g/mol. The average Bonchev–Trinajstić information content (AvgIpc) is 3.19. The van der Waals surface area contributed by atoms with Gasteiger partial charge in [0.05, 0.1) is 7.11 Å². The quantitative estimate of drug-likeness (QED) is 0.354. The van der Waals surface area contributed by atoms with E-state index in [9.17, 15) is 0 Å². The Morgan fingerprint density at radius 3 is 2.23 bits per heavy atom. The minimum absolute atomic E-state index is 0.827. The Labute approximate surface area is 181 Å². The van der Waals surface area contributed by atoms with Crippen molar-refractivity contribution in [3.8, 4) is 22.8 Å². The summed E-state index contributed by atoms with van der Waals surface area (Å²) in [5.74, 6) is 2.51. The van der Waals surface area contributed by atoms with E-state index in [1.54, 1.807) is 18.9 Å². The number of aromatic nitrogens is 3. The summed E-state index contributed by atoms with van der Waals surface area (Å²) in [5.41, 5.74) is 7.16. The Bertz CT molecular complexity index is 1150. The van der Waals surface area contributed by atoms with Crippen LogP contribution in [0.5, 0.6) is 5.75 Å². The normalized spacial score (nSPS) is 10.9. The Balaban J connectivity index is 1.74. The van der Waals surface area contributed by atoms with Crippen LogP contribution in [0.15, 0.2) is 71.9 Å². The molecule has 1 aromatic heterocycles. The highest BCUT2D eigenvalue weighted by Gasteiger charge is 2.17. The van der Waals surface area contributed by atoms with E-state index in [4.69, 9.17) is 4.74 Å². The summed E-state index contributed by atoms with van der Waals surface area (Å²) in [6.07, 6.45) is 0. The van der Waals surface area contributed by atoms with Crippen molar-refractivity contribution < 1.29 is 4.74 Å². The summed E-state index contributed by atoms with van der Waals surface area (Å²) in [4.78, 5) is 0. The molecule has 0 aliphatic heterocycles. The molecule has 4 aromatic rings. The summed E-state index contributed by atoms with van der Waals surface area (Å²) < 4.78 is 7.45. The molecule has 0 radical (unpaired) electrons. The lowest BCUT2D eigenvalue weighted by atomic mass is 10.1. The second-order valence-electron chi connectivity index (χ2n) is 7.42. The van der Waals surface area contributed by atoms with Crippen molar-refractivity contribution in [2.45, 2.75) is 31.7 Å². The largest absolute Gasteiger partial charge is 0.497 e. The summed E-state index contributed by atoms with van der Waals surface area (Å²) >= 11 is 1.70. The number of benzene rings is 3. The van der Waals surface area contributed by atoms with Gasteiger partial charge in [-0.25, -0.2) is 0 Å². The van der Waals surface area contributed by atoms with Crippen LogP contribution in [0, 0.1) is 20.8 Å². The number of nitrogens with zero attached hydrogens (tertiary/aromatic N) is 3. The van der Waals surface area contributed by atoms with E-state index in [1.807, 2.05) is 24.3 Å². The predicted molar refractivity (Wildman–Crippen MR) is 124 cm³/mol. The summed E-state index contributed by atoms with van der Waals surface area (Å²) in [6, 6.07) is 23.0. The van der Waals surface area contributed by atoms with Crippen LogP contribution in [-0.4, -0.2) is 21.9 Å². The van der Waals surface area contributed by atoms with E-state index in [2.05, 4.69) is 78.0 Å². The molecule has 0 aliphatic carbocycles. The third kappa shape index (κ3) is 4.26. The number of aryl methyl sites for hydroxylation is 3.